The molecule has 2 atom stereocenters. The second-order valence-corrected chi connectivity index (χ2v) is 8.15. The first-order valence-corrected chi connectivity index (χ1v) is 10.6. The van der Waals surface area contributed by atoms with Gasteiger partial charge in [0.15, 0.2) is 5.82 Å². The van der Waals surface area contributed by atoms with Crippen LogP contribution in [0, 0.1) is 11.3 Å². The summed E-state index contributed by atoms with van der Waals surface area (Å²) in [5, 5.41) is 20.9. The summed E-state index contributed by atoms with van der Waals surface area (Å²) >= 11 is 1.12. The van der Waals surface area contributed by atoms with Crippen LogP contribution in [-0.4, -0.2) is 36.4 Å². The highest BCUT2D eigenvalue weighted by molar-refractivity contribution is 7.08. The second-order valence-electron chi connectivity index (χ2n) is 7.32. The number of ether oxygens (including phenoxy) is 1. The molecule has 10 heteroatoms. The van der Waals surface area contributed by atoms with Crippen LogP contribution in [0.1, 0.15) is 32.8 Å². The number of hydrogen-bond donors (Lipinski definition) is 1. The van der Waals surface area contributed by atoms with Gasteiger partial charge in [0.25, 0.3) is 5.91 Å². The number of benzene rings is 1. The highest BCUT2D eigenvalue weighted by Gasteiger charge is 2.58. The number of carbonyl (C=O) groups excluding carboxylic acids is 1. The van der Waals surface area contributed by atoms with E-state index in [1.165, 1.54) is 17.2 Å². The lowest BCUT2D eigenvalue weighted by Gasteiger charge is -2.20. The zero-order valence-electron chi connectivity index (χ0n) is 16.8. The average Bonchev–Trinajstić information content (AvgIpc) is 3.26. The topological polar surface area (TPSA) is 119 Å². The maximum Gasteiger partial charge on any atom is 0.263 e. The van der Waals surface area contributed by atoms with Crippen LogP contribution in [0.4, 0.5) is 0 Å². The molecule has 1 aliphatic rings. The first-order chi connectivity index (χ1) is 15.7. The molecule has 0 spiro atoms. The van der Waals surface area contributed by atoms with Crippen molar-refractivity contribution in [3.63, 3.8) is 0 Å². The first-order valence-electron chi connectivity index (χ1n) is 9.85. The smallest absolute Gasteiger partial charge is 0.263 e. The van der Waals surface area contributed by atoms with Gasteiger partial charge in [-0.3, -0.25) is 4.79 Å². The molecule has 0 aliphatic heterocycles. The summed E-state index contributed by atoms with van der Waals surface area (Å²) in [6, 6.07) is 15.4. The maximum absolute atomic E-state index is 12.9. The van der Waals surface area contributed by atoms with Crippen LogP contribution < -0.4 is 5.32 Å². The Balaban J connectivity index is 1.45. The molecule has 0 bridgehead atoms. The normalized spacial score (nSPS) is 19.3. The van der Waals surface area contributed by atoms with Gasteiger partial charge in [0, 0.05) is 24.4 Å². The lowest BCUT2D eigenvalue weighted by Crippen LogP contribution is -2.38. The van der Waals surface area contributed by atoms with Crippen LogP contribution in [0.3, 0.4) is 0 Å². The van der Waals surface area contributed by atoms with Crippen LogP contribution in [0.2, 0.25) is 0 Å². The SMILES string of the molecule is N#Cc1cc(C2(NC(=O)c3ccns3)CC2OCc2ccccc2)cnc1-n1nccn1. The zero-order valence-corrected chi connectivity index (χ0v) is 17.6. The molecule has 9 nitrogen and oxygen atoms in total. The van der Waals surface area contributed by atoms with E-state index in [1.807, 2.05) is 30.3 Å². The number of rotatable bonds is 7. The Morgan fingerprint density at radius 1 is 1.25 bits per heavy atom. The number of nitrogens with zero attached hydrogens (tertiary/aromatic N) is 6. The predicted octanol–water partition coefficient (Wildman–Crippen LogP) is 2.60. The van der Waals surface area contributed by atoms with Gasteiger partial charge < -0.3 is 10.1 Å². The molecule has 2 unspecified atom stereocenters. The molecular formula is C22H17N7O2S. The van der Waals surface area contributed by atoms with E-state index in [2.05, 4.69) is 30.9 Å². The van der Waals surface area contributed by atoms with E-state index in [9.17, 15) is 10.1 Å². The molecule has 1 aliphatic carbocycles. The molecule has 5 rings (SSSR count). The molecule has 1 amide bonds. The minimum Gasteiger partial charge on any atom is -0.371 e. The summed E-state index contributed by atoms with van der Waals surface area (Å²) in [5.74, 6) is 0.0854. The van der Waals surface area contributed by atoms with E-state index in [4.69, 9.17) is 4.74 Å². The van der Waals surface area contributed by atoms with Gasteiger partial charge in [-0.15, -0.1) is 4.80 Å². The van der Waals surface area contributed by atoms with Crippen molar-refractivity contribution in [2.75, 3.05) is 0 Å². The highest BCUT2D eigenvalue weighted by atomic mass is 32.1. The molecule has 0 radical (unpaired) electrons. The van der Waals surface area contributed by atoms with E-state index in [0.29, 0.717) is 34.8 Å². The fourth-order valence-electron chi connectivity index (χ4n) is 3.58. The summed E-state index contributed by atoms with van der Waals surface area (Å²) in [5.41, 5.74) is 1.25. The molecule has 1 N–H and O–H groups in total. The van der Waals surface area contributed by atoms with Gasteiger partial charge >= 0.3 is 0 Å². The number of pyridine rings is 1. The molecule has 1 aromatic carbocycles. The molecule has 1 saturated carbocycles. The molecular weight excluding hydrogens is 426 g/mol. The Morgan fingerprint density at radius 2 is 2.06 bits per heavy atom. The minimum absolute atomic E-state index is 0.241. The Labute approximate surface area is 187 Å². The number of nitriles is 1. The van der Waals surface area contributed by atoms with Gasteiger partial charge in [0.05, 0.1) is 36.2 Å². The summed E-state index contributed by atoms with van der Waals surface area (Å²) in [4.78, 5) is 19.1. The second kappa shape index (κ2) is 8.30. The van der Waals surface area contributed by atoms with Crippen molar-refractivity contribution in [1.29, 1.82) is 5.26 Å². The summed E-state index contributed by atoms with van der Waals surface area (Å²) in [6.07, 6.45) is 6.56. The number of carbonyl (C=O) groups is 1. The van der Waals surface area contributed by atoms with E-state index in [0.717, 1.165) is 17.1 Å². The van der Waals surface area contributed by atoms with Crippen LogP contribution in [-0.2, 0) is 16.9 Å². The maximum atomic E-state index is 12.9. The number of amides is 1. The van der Waals surface area contributed by atoms with Crippen LogP contribution >= 0.6 is 11.5 Å². The molecule has 0 saturated heterocycles. The third kappa shape index (κ3) is 3.75. The van der Waals surface area contributed by atoms with Crippen molar-refractivity contribution >= 4 is 17.4 Å². The van der Waals surface area contributed by atoms with Crippen molar-refractivity contribution in [3.8, 4) is 11.9 Å². The number of nitrogens with one attached hydrogen (secondary N) is 1. The lowest BCUT2D eigenvalue weighted by molar-refractivity contribution is 0.0748. The van der Waals surface area contributed by atoms with Gasteiger partial charge in [0.2, 0.25) is 0 Å². The molecule has 1 fully saturated rings. The fraction of sp³-hybridized carbons (Fsp3) is 0.182. The Morgan fingerprint density at radius 3 is 2.78 bits per heavy atom. The first kappa shape index (κ1) is 20.0. The van der Waals surface area contributed by atoms with Crippen LogP contribution in [0.15, 0.2) is 67.3 Å². The van der Waals surface area contributed by atoms with Gasteiger partial charge in [-0.1, -0.05) is 30.3 Å². The van der Waals surface area contributed by atoms with Crippen molar-refractivity contribution in [3.05, 3.63) is 88.8 Å². The average molecular weight is 443 g/mol. The van der Waals surface area contributed by atoms with Gasteiger partial charge in [0.1, 0.15) is 10.9 Å². The minimum atomic E-state index is -0.787. The molecule has 3 aromatic heterocycles. The fourth-order valence-corrected chi connectivity index (χ4v) is 4.07. The van der Waals surface area contributed by atoms with E-state index in [-0.39, 0.29) is 12.0 Å². The van der Waals surface area contributed by atoms with Crippen LogP contribution in [0.25, 0.3) is 5.82 Å². The Kier molecular flexibility index (Phi) is 5.18. The van der Waals surface area contributed by atoms with Gasteiger partial charge in [-0.25, -0.2) is 9.36 Å². The summed E-state index contributed by atoms with van der Waals surface area (Å²) in [7, 11) is 0. The van der Waals surface area contributed by atoms with Gasteiger partial charge in [-0.05, 0) is 29.2 Å². The number of aromatic nitrogens is 5. The largest absolute Gasteiger partial charge is 0.371 e. The Bertz CT molecular complexity index is 1270. The monoisotopic (exact) mass is 443 g/mol. The third-order valence-corrected chi connectivity index (χ3v) is 6.04. The van der Waals surface area contributed by atoms with Crippen molar-refractivity contribution in [2.45, 2.75) is 24.7 Å². The van der Waals surface area contributed by atoms with E-state index in [1.54, 1.807) is 24.5 Å². The standard InChI is InChI=1S/C22H17N7O2S/c23-12-16-10-17(13-24-20(16)29-25-8-9-26-29)22(28-21(30)18-6-7-27-32-18)11-19(22)31-14-15-4-2-1-3-5-15/h1-10,13,19H,11,14H2,(H,28,30). The molecule has 3 heterocycles. The van der Waals surface area contributed by atoms with Gasteiger partial charge in [-0.2, -0.15) is 15.5 Å². The molecule has 158 valence electrons. The Hall–Kier alpha value is -3.94. The highest BCUT2D eigenvalue weighted by Crippen LogP contribution is 2.49. The van der Waals surface area contributed by atoms with Crippen molar-refractivity contribution < 1.29 is 9.53 Å². The van der Waals surface area contributed by atoms with Crippen molar-refractivity contribution in [2.24, 2.45) is 0 Å². The zero-order chi connectivity index (χ0) is 22.0. The van der Waals surface area contributed by atoms with E-state index < -0.39 is 5.54 Å². The molecule has 32 heavy (non-hydrogen) atoms. The lowest BCUT2D eigenvalue weighted by atomic mass is 10.0. The number of hydrogen-bond acceptors (Lipinski definition) is 8. The van der Waals surface area contributed by atoms with Crippen molar-refractivity contribution in [1.82, 2.24) is 29.7 Å². The predicted molar refractivity (Wildman–Crippen MR) is 115 cm³/mol. The summed E-state index contributed by atoms with van der Waals surface area (Å²) < 4.78 is 10.1. The van der Waals surface area contributed by atoms with Crippen LogP contribution in [0.5, 0.6) is 0 Å². The third-order valence-electron chi connectivity index (χ3n) is 5.30. The van der Waals surface area contributed by atoms with E-state index >= 15 is 0 Å². The quantitative estimate of drug-likeness (QED) is 0.466. The summed E-state index contributed by atoms with van der Waals surface area (Å²) in [6.45, 7) is 0.414. The molecule has 4 aromatic rings.